The Morgan fingerprint density at radius 3 is 2.24 bits per heavy atom. The van der Waals surface area contributed by atoms with Crippen molar-refractivity contribution in [2.45, 2.75) is 57.6 Å². The van der Waals surface area contributed by atoms with Crippen molar-refractivity contribution in [1.82, 2.24) is 14.7 Å². The first-order valence-corrected chi connectivity index (χ1v) is 12.8. The third-order valence-corrected chi connectivity index (χ3v) is 8.03. The van der Waals surface area contributed by atoms with Crippen LogP contribution in [0.3, 0.4) is 0 Å². The van der Waals surface area contributed by atoms with Crippen LogP contribution in [0.4, 0.5) is 4.79 Å². The lowest BCUT2D eigenvalue weighted by molar-refractivity contribution is -0.138. The van der Waals surface area contributed by atoms with Crippen molar-refractivity contribution in [3.8, 4) is 0 Å². The Hall–Kier alpha value is -2.12. The second kappa shape index (κ2) is 8.83. The first-order chi connectivity index (χ1) is 16.1. The van der Waals surface area contributed by atoms with E-state index in [2.05, 4.69) is 34.1 Å². The highest BCUT2D eigenvalue weighted by molar-refractivity contribution is 5.70. The van der Waals surface area contributed by atoms with Gasteiger partial charge in [0.2, 0.25) is 0 Å². The lowest BCUT2D eigenvalue weighted by atomic mass is 10.0. The van der Waals surface area contributed by atoms with E-state index in [1.807, 2.05) is 31.7 Å². The first kappa shape index (κ1) is 23.6. The van der Waals surface area contributed by atoms with E-state index in [1.54, 1.807) is 0 Å². The van der Waals surface area contributed by atoms with Crippen LogP contribution in [0.2, 0.25) is 0 Å². The largest absolute Gasteiger partial charge is 0.480 e. The van der Waals surface area contributed by atoms with Gasteiger partial charge in [-0.2, -0.15) is 0 Å². The van der Waals surface area contributed by atoms with Crippen LogP contribution >= 0.6 is 0 Å². The molecule has 1 amide bonds. The van der Waals surface area contributed by atoms with Gasteiger partial charge in [-0.25, -0.2) is 4.79 Å². The molecule has 186 valence electrons. The molecule has 0 aromatic heterocycles. The number of hydrogen-bond acceptors (Lipinski definition) is 5. The lowest BCUT2D eigenvalue weighted by Crippen LogP contribution is -2.44. The van der Waals surface area contributed by atoms with Crippen LogP contribution in [0.15, 0.2) is 30.3 Å². The zero-order chi connectivity index (χ0) is 24.1. The van der Waals surface area contributed by atoms with Gasteiger partial charge in [0.05, 0.1) is 6.54 Å². The first-order valence-electron chi connectivity index (χ1n) is 12.8. The molecule has 5 rings (SSSR count). The molecule has 2 aliphatic carbocycles. The Morgan fingerprint density at radius 2 is 1.68 bits per heavy atom. The summed E-state index contributed by atoms with van der Waals surface area (Å²) in [5.41, 5.74) is 0.974. The van der Waals surface area contributed by atoms with Gasteiger partial charge in [-0.1, -0.05) is 30.3 Å². The number of aliphatic carboxylic acids is 1. The zero-order valence-corrected chi connectivity index (χ0v) is 20.8. The van der Waals surface area contributed by atoms with Crippen molar-refractivity contribution >= 4 is 12.1 Å². The Morgan fingerprint density at radius 1 is 1.06 bits per heavy atom. The van der Waals surface area contributed by atoms with Crippen molar-refractivity contribution in [3.05, 3.63) is 35.9 Å². The SMILES string of the molecule is CC(C)(C)OC(=O)N(CC1(CN2CC3CN(CC(=O)O)CC3C2)CC1)C1CC1c1ccccc1. The average Bonchev–Trinajstić information content (AvgIpc) is 3.61. The summed E-state index contributed by atoms with van der Waals surface area (Å²) in [5, 5.41) is 9.10. The van der Waals surface area contributed by atoms with Gasteiger partial charge in [-0.05, 0) is 57.4 Å². The van der Waals surface area contributed by atoms with Gasteiger partial charge in [0, 0.05) is 56.6 Å². The fourth-order valence-electron chi connectivity index (χ4n) is 6.24. The molecule has 0 spiro atoms. The van der Waals surface area contributed by atoms with E-state index in [9.17, 15) is 9.59 Å². The molecule has 7 nitrogen and oxygen atoms in total. The van der Waals surface area contributed by atoms with E-state index in [0.29, 0.717) is 17.8 Å². The molecule has 1 aromatic carbocycles. The monoisotopic (exact) mass is 469 g/mol. The number of nitrogens with zero attached hydrogens (tertiary/aromatic N) is 3. The predicted octanol–water partition coefficient (Wildman–Crippen LogP) is 3.51. The molecule has 4 unspecified atom stereocenters. The summed E-state index contributed by atoms with van der Waals surface area (Å²) in [6.45, 7) is 11.7. The average molecular weight is 470 g/mol. The molecule has 0 bridgehead atoms. The standard InChI is InChI=1S/C27H39N3O4/c1-26(2,3)34-25(33)30(23-11-22(23)19-7-5-4-6-8-19)18-27(9-10-27)17-29-14-20-12-28(16-24(31)32)13-21(20)15-29/h4-8,20-23H,9-18H2,1-3H3,(H,31,32). The maximum Gasteiger partial charge on any atom is 0.410 e. The number of carbonyl (C=O) groups excluding carboxylic acids is 1. The summed E-state index contributed by atoms with van der Waals surface area (Å²) in [7, 11) is 0. The van der Waals surface area contributed by atoms with Crippen LogP contribution < -0.4 is 0 Å². The molecule has 34 heavy (non-hydrogen) atoms. The number of fused-ring (bicyclic) bond motifs is 1. The topological polar surface area (TPSA) is 73.3 Å². The lowest BCUT2D eigenvalue weighted by Gasteiger charge is -2.33. The molecule has 7 heteroatoms. The van der Waals surface area contributed by atoms with Crippen molar-refractivity contribution in [2.24, 2.45) is 17.3 Å². The van der Waals surface area contributed by atoms with Gasteiger partial charge in [-0.15, -0.1) is 0 Å². The smallest absolute Gasteiger partial charge is 0.410 e. The number of carbonyl (C=O) groups is 2. The van der Waals surface area contributed by atoms with Crippen molar-refractivity contribution < 1.29 is 19.4 Å². The molecule has 1 aromatic rings. The number of ether oxygens (including phenoxy) is 1. The van der Waals surface area contributed by atoms with E-state index in [4.69, 9.17) is 9.84 Å². The molecule has 0 radical (unpaired) electrons. The maximum atomic E-state index is 13.3. The van der Waals surface area contributed by atoms with Gasteiger partial charge < -0.3 is 19.6 Å². The van der Waals surface area contributed by atoms with Crippen LogP contribution in [0, 0.1) is 17.3 Å². The zero-order valence-electron chi connectivity index (χ0n) is 20.8. The minimum atomic E-state index is -0.732. The highest BCUT2D eigenvalue weighted by Gasteiger charge is 2.53. The quantitative estimate of drug-likeness (QED) is 0.628. The van der Waals surface area contributed by atoms with Crippen LogP contribution in [0.1, 0.15) is 51.5 Å². The number of hydrogen-bond donors (Lipinski definition) is 1. The number of amides is 1. The molecule has 4 atom stereocenters. The molecule has 2 aliphatic heterocycles. The van der Waals surface area contributed by atoms with E-state index in [0.717, 1.165) is 58.5 Å². The summed E-state index contributed by atoms with van der Waals surface area (Å²) in [4.78, 5) is 31.0. The number of carboxylic acids is 1. The molecular formula is C27H39N3O4. The Balaban J connectivity index is 1.21. The summed E-state index contributed by atoms with van der Waals surface area (Å²) < 4.78 is 5.85. The predicted molar refractivity (Wildman–Crippen MR) is 130 cm³/mol. The van der Waals surface area contributed by atoms with Gasteiger partial charge in [-0.3, -0.25) is 9.69 Å². The molecule has 2 saturated carbocycles. The minimum absolute atomic E-state index is 0.158. The molecule has 1 N–H and O–H groups in total. The van der Waals surface area contributed by atoms with Crippen molar-refractivity contribution in [1.29, 1.82) is 0 Å². The van der Waals surface area contributed by atoms with Gasteiger partial charge >= 0.3 is 12.1 Å². The summed E-state index contributed by atoms with van der Waals surface area (Å²) >= 11 is 0. The highest BCUT2D eigenvalue weighted by Crippen LogP contribution is 2.52. The van der Waals surface area contributed by atoms with Gasteiger partial charge in [0.25, 0.3) is 0 Å². The van der Waals surface area contributed by atoms with Crippen molar-refractivity contribution in [3.63, 3.8) is 0 Å². The second-order valence-corrected chi connectivity index (χ2v) is 12.2. The van der Waals surface area contributed by atoms with E-state index in [1.165, 1.54) is 5.56 Å². The fourth-order valence-corrected chi connectivity index (χ4v) is 6.24. The summed E-state index contributed by atoms with van der Waals surface area (Å²) in [6.07, 6.45) is 3.15. The normalized spacial score (nSPS) is 30.1. The summed E-state index contributed by atoms with van der Waals surface area (Å²) in [5.74, 6) is 0.812. The Kier molecular flexibility index (Phi) is 6.13. The number of benzene rings is 1. The third-order valence-electron chi connectivity index (χ3n) is 8.03. The minimum Gasteiger partial charge on any atom is -0.480 e. The van der Waals surface area contributed by atoms with E-state index >= 15 is 0 Å². The summed E-state index contributed by atoms with van der Waals surface area (Å²) in [6, 6.07) is 10.7. The van der Waals surface area contributed by atoms with Gasteiger partial charge in [0.15, 0.2) is 0 Å². The van der Waals surface area contributed by atoms with Crippen LogP contribution in [0.5, 0.6) is 0 Å². The van der Waals surface area contributed by atoms with E-state index in [-0.39, 0.29) is 24.1 Å². The second-order valence-electron chi connectivity index (χ2n) is 12.2. The fraction of sp³-hybridized carbons (Fsp3) is 0.704. The Bertz CT molecular complexity index is 896. The van der Waals surface area contributed by atoms with Crippen LogP contribution in [-0.2, 0) is 9.53 Å². The molecular weight excluding hydrogens is 430 g/mol. The van der Waals surface area contributed by atoms with Gasteiger partial charge in [0.1, 0.15) is 5.60 Å². The molecule has 4 fully saturated rings. The highest BCUT2D eigenvalue weighted by atomic mass is 16.6. The van der Waals surface area contributed by atoms with Crippen LogP contribution in [0.25, 0.3) is 0 Å². The Labute approximate surface area is 203 Å². The molecule has 2 saturated heterocycles. The number of rotatable bonds is 8. The van der Waals surface area contributed by atoms with Crippen LogP contribution in [-0.4, -0.2) is 89.3 Å². The molecule has 4 aliphatic rings. The number of likely N-dealkylation sites (tertiary alicyclic amines) is 2. The number of carboxylic acid groups (broad SMARTS) is 1. The maximum absolute atomic E-state index is 13.3. The molecule has 2 heterocycles. The van der Waals surface area contributed by atoms with Crippen molar-refractivity contribution in [2.75, 3.05) is 45.8 Å². The third kappa shape index (κ3) is 5.41. The van der Waals surface area contributed by atoms with E-state index < -0.39 is 11.6 Å².